The summed E-state index contributed by atoms with van der Waals surface area (Å²) in [5.74, 6) is -0.225. The molecule has 0 unspecified atom stereocenters. The summed E-state index contributed by atoms with van der Waals surface area (Å²) in [6.45, 7) is 3.81. The summed E-state index contributed by atoms with van der Waals surface area (Å²) in [5.41, 5.74) is 2.29. The quantitative estimate of drug-likeness (QED) is 0.850. The normalized spacial score (nSPS) is 10.9. The number of aryl methyl sites for hydroxylation is 1. The van der Waals surface area contributed by atoms with Crippen molar-refractivity contribution in [2.75, 3.05) is 20.1 Å². The predicted molar refractivity (Wildman–Crippen MR) is 88.5 cm³/mol. The minimum atomic E-state index is -0.238. The van der Waals surface area contributed by atoms with E-state index >= 15 is 0 Å². The number of hydrogen-bond acceptors (Lipinski definition) is 3. The third kappa shape index (κ3) is 5.24. The molecule has 0 radical (unpaired) electrons. The number of carbonyl (C=O) groups excluding carboxylic acids is 1. The van der Waals surface area contributed by atoms with Crippen molar-refractivity contribution in [2.45, 2.75) is 19.9 Å². The van der Waals surface area contributed by atoms with Gasteiger partial charge in [0.05, 0.1) is 6.54 Å². The first kappa shape index (κ1) is 16.6. The van der Waals surface area contributed by atoms with Crippen LogP contribution < -0.4 is 5.32 Å². The van der Waals surface area contributed by atoms with E-state index in [9.17, 15) is 9.18 Å². The number of amides is 1. The highest BCUT2D eigenvalue weighted by Gasteiger charge is 2.09. The topological polar surface area (TPSA) is 32.3 Å². The van der Waals surface area contributed by atoms with Crippen molar-refractivity contribution in [3.8, 4) is 0 Å². The number of rotatable bonds is 7. The van der Waals surface area contributed by atoms with Crippen LogP contribution in [0, 0.1) is 12.7 Å². The molecule has 2 aromatic rings. The van der Waals surface area contributed by atoms with Crippen molar-refractivity contribution < 1.29 is 9.18 Å². The highest BCUT2D eigenvalue weighted by Crippen LogP contribution is 2.16. The Kier molecular flexibility index (Phi) is 6.10. The van der Waals surface area contributed by atoms with Gasteiger partial charge in [-0.1, -0.05) is 12.1 Å². The van der Waals surface area contributed by atoms with Crippen molar-refractivity contribution >= 4 is 17.2 Å². The van der Waals surface area contributed by atoms with Crippen LogP contribution >= 0.6 is 11.3 Å². The van der Waals surface area contributed by atoms with Crippen molar-refractivity contribution in [1.29, 1.82) is 0 Å². The summed E-state index contributed by atoms with van der Waals surface area (Å²) in [5, 5.41) is 4.97. The van der Waals surface area contributed by atoms with Gasteiger partial charge in [-0.3, -0.25) is 9.69 Å². The molecular formula is C17H21FN2OS. The summed E-state index contributed by atoms with van der Waals surface area (Å²) in [6.07, 6.45) is 0.708. The fraction of sp³-hybridized carbons (Fsp3) is 0.353. The second-order valence-electron chi connectivity index (χ2n) is 5.43. The molecule has 0 saturated heterocycles. The van der Waals surface area contributed by atoms with Crippen LogP contribution in [0.2, 0.25) is 0 Å². The molecular weight excluding hydrogens is 299 g/mol. The molecule has 5 heteroatoms. The van der Waals surface area contributed by atoms with Crippen LogP contribution in [0.3, 0.4) is 0 Å². The third-order valence-electron chi connectivity index (χ3n) is 3.44. The molecule has 0 aliphatic heterocycles. The first-order valence-electron chi connectivity index (χ1n) is 7.27. The van der Waals surface area contributed by atoms with E-state index in [0.717, 1.165) is 12.1 Å². The number of likely N-dealkylation sites (N-methyl/N-ethyl adjacent to an activating group) is 1. The van der Waals surface area contributed by atoms with Crippen LogP contribution in [0.25, 0.3) is 0 Å². The summed E-state index contributed by atoms with van der Waals surface area (Å²) in [4.78, 5) is 15.2. The lowest BCUT2D eigenvalue weighted by atomic mass is 10.1. The van der Waals surface area contributed by atoms with Gasteiger partial charge < -0.3 is 5.32 Å². The molecule has 1 N–H and O–H groups in total. The van der Waals surface area contributed by atoms with Gasteiger partial charge in [0, 0.05) is 18.0 Å². The van der Waals surface area contributed by atoms with Gasteiger partial charge in [-0.05, 0) is 55.1 Å². The Morgan fingerprint density at radius 2 is 2.00 bits per heavy atom. The number of nitrogens with zero attached hydrogens (tertiary/aromatic N) is 1. The van der Waals surface area contributed by atoms with Crippen LogP contribution in [-0.4, -0.2) is 30.9 Å². The number of carbonyl (C=O) groups is 1. The Bertz CT molecular complexity index is 609. The van der Waals surface area contributed by atoms with Gasteiger partial charge in [-0.2, -0.15) is 0 Å². The molecule has 3 nitrogen and oxygen atoms in total. The van der Waals surface area contributed by atoms with Gasteiger partial charge in [0.25, 0.3) is 0 Å². The van der Waals surface area contributed by atoms with E-state index in [1.54, 1.807) is 23.5 Å². The molecule has 1 amide bonds. The maximum Gasteiger partial charge on any atom is 0.234 e. The Morgan fingerprint density at radius 1 is 1.27 bits per heavy atom. The number of hydrogen-bond donors (Lipinski definition) is 1. The maximum atomic E-state index is 12.8. The molecule has 0 fully saturated rings. The largest absolute Gasteiger partial charge is 0.355 e. The zero-order valence-electron chi connectivity index (χ0n) is 12.9. The summed E-state index contributed by atoms with van der Waals surface area (Å²) >= 11 is 1.72. The number of nitrogens with one attached hydrogen (secondary N) is 1. The van der Waals surface area contributed by atoms with E-state index in [2.05, 4.69) is 23.7 Å². The van der Waals surface area contributed by atoms with Gasteiger partial charge in [-0.15, -0.1) is 11.3 Å². The van der Waals surface area contributed by atoms with Crippen LogP contribution in [-0.2, 0) is 17.8 Å². The van der Waals surface area contributed by atoms with Crippen molar-refractivity contribution in [1.82, 2.24) is 10.2 Å². The van der Waals surface area contributed by atoms with E-state index < -0.39 is 0 Å². The lowest BCUT2D eigenvalue weighted by Crippen LogP contribution is -2.35. The van der Waals surface area contributed by atoms with Gasteiger partial charge in [0.15, 0.2) is 0 Å². The van der Waals surface area contributed by atoms with Crippen LogP contribution in [0.5, 0.6) is 0 Å². The lowest BCUT2D eigenvalue weighted by Gasteiger charge is -2.16. The zero-order valence-corrected chi connectivity index (χ0v) is 13.8. The van der Waals surface area contributed by atoms with E-state index in [1.807, 2.05) is 11.9 Å². The molecule has 2 rings (SSSR count). The smallest absolute Gasteiger partial charge is 0.234 e. The Hall–Kier alpha value is -1.72. The Balaban J connectivity index is 1.69. The molecule has 0 spiro atoms. The minimum Gasteiger partial charge on any atom is -0.355 e. The minimum absolute atomic E-state index is 0.0128. The molecule has 0 saturated carbocycles. The molecule has 0 aliphatic rings. The summed E-state index contributed by atoms with van der Waals surface area (Å²) in [7, 11) is 1.94. The highest BCUT2D eigenvalue weighted by molar-refractivity contribution is 7.10. The molecule has 1 aromatic heterocycles. The summed E-state index contributed by atoms with van der Waals surface area (Å²) in [6, 6.07) is 8.46. The fourth-order valence-electron chi connectivity index (χ4n) is 2.17. The SMILES string of the molecule is Cc1ccsc1CN(C)CC(=O)NCCc1ccc(F)cc1. The van der Waals surface area contributed by atoms with Crippen LogP contribution in [0.1, 0.15) is 16.0 Å². The fourth-order valence-corrected chi connectivity index (χ4v) is 3.15. The molecule has 22 heavy (non-hydrogen) atoms. The maximum absolute atomic E-state index is 12.8. The Morgan fingerprint density at radius 3 is 2.64 bits per heavy atom. The average Bonchev–Trinajstić information content (AvgIpc) is 2.86. The molecule has 1 aromatic carbocycles. The van der Waals surface area contributed by atoms with Gasteiger partial charge in [0.2, 0.25) is 5.91 Å². The molecule has 118 valence electrons. The van der Waals surface area contributed by atoms with Crippen molar-refractivity contribution in [2.24, 2.45) is 0 Å². The molecule has 0 atom stereocenters. The van der Waals surface area contributed by atoms with E-state index in [4.69, 9.17) is 0 Å². The second kappa shape index (κ2) is 8.06. The average molecular weight is 320 g/mol. The van der Waals surface area contributed by atoms with Crippen molar-refractivity contribution in [3.05, 3.63) is 57.5 Å². The predicted octanol–water partition coefficient (Wildman–Crippen LogP) is 2.99. The molecule has 0 aliphatic carbocycles. The van der Waals surface area contributed by atoms with E-state index in [-0.39, 0.29) is 11.7 Å². The van der Waals surface area contributed by atoms with Crippen LogP contribution in [0.4, 0.5) is 4.39 Å². The number of halogens is 1. The highest BCUT2D eigenvalue weighted by atomic mass is 32.1. The third-order valence-corrected chi connectivity index (χ3v) is 4.45. The van der Waals surface area contributed by atoms with Gasteiger partial charge in [-0.25, -0.2) is 4.39 Å². The molecule has 1 heterocycles. The van der Waals surface area contributed by atoms with Crippen molar-refractivity contribution in [3.63, 3.8) is 0 Å². The van der Waals surface area contributed by atoms with E-state index in [1.165, 1.54) is 22.6 Å². The zero-order chi connectivity index (χ0) is 15.9. The number of benzene rings is 1. The van der Waals surface area contributed by atoms with Gasteiger partial charge in [0.1, 0.15) is 5.82 Å². The summed E-state index contributed by atoms with van der Waals surface area (Å²) < 4.78 is 12.8. The first-order valence-corrected chi connectivity index (χ1v) is 8.15. The number of thiophene rings is 1. The lowest BCUT2D eigenvalue weighted by molar-refractivity contribution is -0.122. The van der Waals surface area contributed by atoms with E-state index in [0.29, 0.717) is 19.5 Å². The Labute approximate surface area is 134 Å². The van der Waals surface area contributed by atoms with Crippen LogP contribution in [0.15, 0.2) is 35.7 Å². The second-order valence-corrected chi connectivity index (χ2v) is 6.43. The standard InChI is InChI=1S/C17H21FN2OS/c1-13-8-10-22-16(13)11-20(2)12-17(21)19-9-7-14-3-5-15(18)6-4-14/h3-6,8,10H,7,9,11-12H2,1-2H3,(H,19,21). The van der Waals surface area contributed by atoms with Gasteiger partial charge >= 0.3 is 0 Å². The first-order chi connectivity index (χ1) is 10.5. The monoisotopic (exact) mass is 320 g/mol. The molecule has 0 bridgehead atoms.